The second-order valence-corrected chi connectivity index (χ2v) is 5.57. The minimum absolute atomic E-state index is 0.186. The summed E-state index contributed by atoms with van der Waals surface area (Å²) in [6.45, 7) is 5.64. The molecule has 0 bridgehead atoms. The Morgan fingerprint density at radius 3 is 2.86 bits per heavy atom. The van der Waals surface area contributed by atoms with Crippen LogP contribution in [0.1, 0.15) is 37.5 Å². The van der Waals surface area contributed by atoms with Crippen molar-refractivity contribution >= 4 is 17.2 Å². The highest BCUT2D eigenvalue weighted by Gasteiger charge is 2.13. The fourth-order valence-electron chi connectivity index (χ4n) is 1.70. The summed E-state index contributed by atoms with van der Waals surface area (Å²) in [7, 11) is 0. The summed E-state index contributed by atoms with van der Waals surface area (Å²) in [5, 5.41) is 11.5. The van der Waals surface area contributed by atoms with E-state index in [1.54, 1.807) is 6.07 Å². The molecule has 0 atom stereocenters. The number of oxazole rings is 1. The van der Waals surface area contributed by atoms with Crippen molar-refractivity contribution in [3.63, 3.8) is 0 Å². The number of carbonyl (C=O) groups excluding carboxylic acids is 1. The molecule has 0 aliphatic carbocycles. The zero-order valence-electron chi connectivity index (χ0n) is 12.1. The SMILES string of the molecule is Cc1cc(C(=O)NCc2nc(C)c(C)o2)sc1C#CCO. The summed E-state index contributed by atoms with van der Waals surface area (Å²) >= 11 is 1.30. The van der Waals surface area contributed by atoms with Gasteiger partial charge in [-0.15, -0.1) is 11.3 Å². The van der Waals surface area contributed by atoms with Crippen molar-refractivity contribution < 1.29 is 14.3 Å². The van der Waals surface area contributed by atoms with Gasteiger partial charge in [0.15, 0.2) is 0 Å². The Morgan fingerprint density at radius 2 is 2.24 bits per heavy atom. The summed E-state index contributed by atoms with van der Waals surface area (Å²) in [5.41, 5.74) is 1.75. The average Bonchev–Trinajstić information content (AvgIpc) is 2.97. The fraction of sp³-hybridized carbons (Fsp3) is 0.333. The van der Waals surface area contributed by atoms with Crippen LogP contribution in [0.2, 0.25) is 0 Å². The van der Waals surface area contributed by atoms with Crippen molar-refractivity contribution in [2.45, 2.75) is 27.3 Å². The first-order valence-corrected chi connectivity index (χ1v) is 7.24. The molecule has 0 aliphatic rings. The summed E-state index contributed by atoms with van der Waals surface area (Å²) in [6, 6.07) is 1.79. The van der Waals surface area contributed by atoms with Crippen LogP contribution >= 0.6 is 11.3 Å². The number of nitrogens with zero attached hydrogens (tertiary/aromatic N) is 1. The van der Waals surface area contributed by atoms with Crippen LogP contribution in [0, 0.1) is 32.6 Å². The molecule has 1 amide bonds. The van der Waals surface area contributed by atoms with Gasteiger partial charge in [-0.3, -0.25) is 4.79 Å². The zero-order valence-corrected chi connectivity index (χ0v) is 12.9. The molecule has 2 heterocycles. The molecule has 0 unspecified atom stereocenters. The van der Waals surface area contributed by atoms with E-state index in [0.29, 0.717) is 10.8 Å². The molecule has 2 aromatic rings. The largest absolute Gasteiger partial charge is 0.444 e. The maximum absolute atomic E-state index is 12.1. The molecule has 6 heteroatoms. The van der Waals surface area contributed by atoms with Gasteiger partial charge in [-0.1, -0.05) is 11.8 Å². The Kier molecular flexibility index (Phi) is 4.78. The molecule has 0 spiro atoms. The standard InChI is InChI=1S/C15H16N2O3S/c1-9-7-13(21-12(9)5-4-6-18)15(19)16-8-14-17-10(2)11(3)20-14/h7,18H,6,8H2,1-3H3,(H,16,19). The van der Waals surface area contributed by atoms with E-state index in [0.717, 1.165) is 21.9 Å². The molecule has 0 radical (unpaired) electrons. The van der Waals surface area contributed by atoms with Crippen molar-refractivity contribution in [3.8, 4) is 11.8 Å². The molecular weight excluding hydrogens is 288 g/mol. The first-order valence-electron chi connectivity index (χ1n) is 6.42. The second-order valence-electron chi connectivity index (χ2n) is 4.51. The third-order valence-corrected chi connectivity index (χ3v) is 4.05. The van der Waals surface area contributed by atoms with E-state index in [2.05, 4.69) is 22.1 Å². The van der Waals surface area contributed by atoms with Gasteiger partial charge in [0.1, 0.15) is 12.4 Å². The van der Waals surface area contributed by atoms with Gasteiger partial charge in [0, 0.05) is 0 Å². The van der Waals surface area contributed by atoms with E-state index in [9.17, 15) is 4.79 Å². The number of amides is 1. The first kappa shape index (κ1) is 15.3. The molecule has 0 fully saturated rings. The lowest BCUT2D eigenvalue weighted by molar-refractivity contribution is 0.0951. The molecule has 0 saturated heterocycles. The van der Waals surface area contributed by atoms with E-state index in [1.807, 2.05) is 20.8 Å². The Bertz CT molecular complexity index is 700. The number of hydrogen-bond acceptors (Lipinski definition) is 5. The van der Waals surface area contributed by atoms with Crippen LogP contribution in [-0.4, -0.2) is 22.6 Å². The summed E-state index contributed by atoms with van der Waals surface area (Å²) in [5.74, 6) is 6.48. The van der Waals surface area contributed by atoms with Gasteiger partial charge in [0.25, 0.3) is 5.91 Å². The monoisotopic (exact) mass is 304 g/mol. The third kappa shape index (κ3) is 3.72. The highest BCUT2D eigenvalue weighted by molar-refractivity contribution is 7.14. The van der Waals surface area contributed by atoms with Gasteiger partial charge in [-0.25, -0.2) is 4.98 Å². The fourth-order valence-corrected chi connectivity index (χ4v) is 2.66. The molecule has 5 nitrogen and oxygen atoms in total. The Balaban J connectivity index is 2.03. The van der Waals surface area contributed by atoms with E-state index >= 15 is 0 Å². The Morgan fingerprint density at radius 1 is 1.48 bits per heavy atom. The van der Waals surface area contributed by atoms with Crippen LogP contribution in [0.5, 0.6) is 0 Å². The van der Waals surface area contributed by atoms with Crippen LogP contribution in [0.3, 0.4) is 0 Å². The van der Waals surface area contributed by atoms with E-state index in [1.165, 1.54) is 11.3 Å². The third-order valence-electron chi connectivity index (χ3n) is 2.90. The number of aromatic nitrogens is 1. The number of aliphatic hydroxyl groups is 1. The van der Waals surface area contributed by atoms with Gasteiger partial charge in [0.2, 0.25) is 5.89 Å². The lowest BCUT2D eigenvalue weighted by Crippen LogP contribution is -2.21. The van der Waals surface area contributed by atoms with E-state index in [-0.39, 0.29) is 19.1 Å². The normalized spacial score (nSPS) is 10.1. The number of hydrogen-bond donors (Lipinski definition) is 2. The minimum Gasteiger partial charge on any atom is -0.444 e. The quantitative estimate of drug-likeness (QED) is 0.850. The molecule has 2 aromatic heterocycles. The summed E-state index contributed by atoms with van der Waals surface area (Å²) in [6.07, 6.45) is 0. The van der Waals surface area contributed by atoms with Gasteiger partial charge in [-0.05, 0) is 32.4 Å². The number of carbonyl (C=O) groups is 1. The van der Waals surface area contributed by atoms with Crippen molar-refractivity contribution in [1.82, 2.24) is 10.3 Å². The molecule has 2 N–H and O–H groups in total. The maximum atomic E-state index is 12.1. The topological polar surface area (TPSA) is 75.4 Å². The van der Waals surface area contributed by atoms with Crippen LogP contribution in [0.4, 0.5) is 0 Å². The number of aliphatic hydroxyl groups excluding tert-OH is 1. The lowest BCUT2D eigenvalue weighted by Gasteiger charge is -1.99. The Hall–Kier alpha value is -2.10. The van der Waals surface area contributed by atoms with Gasteiger partial charge in [-0.2, -0.15) is 0 Å². The van der Waals surface area contributed by atoms with Crippen LogP contribution < -0.4 is 5.32 Å². The summed E-state index contributed by atoms with van der Waals surface area (Å²) < 4.78 is 5.41. The smallest absolute Gasteiger partial charge is 0.261 e. The molecular formula is C15H16N2O3S. The first-order chi connectivity index (χ1) is 10.0. The second kappa shape index (κ2) is 6.57. The summed E-state index contributed by atoms with van der Waals surface area (Å²) in [4.78, 5) is 17.7. The van der Waals surface area contributed by atoms with Gasteiger partial charge in [0.05, 0.1) is 22.0 Å². The number of thiophene rings is 1. The van der Waals surface area contributed by atoms with Crippen LogP contribution in [-0.2, 0) is 6.54 Å². The molecule has 0 aliphatic heterocycles. The van der Waals surface area contributed by atoms with Gasteiger partial charge >= 0.3 is 0 Å². The van der Waals surface area contributed by atoms with Crippen molar-refractivity contribution in [2.75, 3.05) is 6.61 Å². The molecule has 0 aromatic carbocycles. The highest BCUT2D eigenvalue weighted by atomic mass is 32.1. The lowest BCUT2D eigenvalue weighted by atomic mass is 10.2. The average molecular weight is 304 g/mol. The molecule has 0 saturated carbocycles. The van der Waals surface area contributed by atoms with Crippen molar-refractivity contribution in [2.24, 2.45) is 0 Å². The predicted molar refractivity (Wildman–Crippen MR) is 80.2 cm³/mol. The van der Waals surface area contributed by atoms with E-state index in [4.69, 9.17) is 9.52 Å². The van der Waals surface area contributed by atoms with Crippen molar-refractivity contribution in [1.29, 1.82) is 0 Å². The van der Waals surface area contributed by atoms with E-state index < -0.39 is 0 Å². The maximum Gasteiger partial charge on any atom is 0.261 e. The molecule has 21 heavy (non-hydrogen) atoms. The predicted octanol–water partition coefficient (Wildman–Crippen LogP) is 1.94. The molecule has 2 rings (SSSR count). The van der Waals surface area contributed by atoms with Crippen LogP contribution in [0.15, 0.2) is 10.5 Å². The van der Waals surface area contributed by atoms with Crippen molar-refractivity contribution in [3.05, 3.63) is 38.7 Å². The minimum atomic E-state index is -0.193. The Labute approximate surface area is 127 Å². The van der Waals surface area contributed by atoms with Crippen LogP contribution in [0.25, 0.3) is 0 Å². The number of rotatable bonds is 3. The highest BCUT2D eigenvalue weighted by Crippen LogP contribution is 2.21. The molecule has 110 valence electrons. The number of aryl methyl sites for hydroxylation is 3. The number of nitrogens with one attached hydrogen (secondary N) is 1. The zero-order chi connectivity index (χ0) is 15.4. The van der Waals surface area contributed by atoms with Gasteiger partial charge < -0.3 is 14.8 Å².